The molecule has 0 spiro atoms. The molecule has 1 aromatic heterocycles. The topological polar surface area (TPSA) is 60.2 Å². The van der Waals surface area contributed by atoms with Crippen LogP contribution in [0.3, 0.4) is 0 Å². The van der Waals surface area contributed by atoms with Gasteiger partial charge in [0.15, 0.2) is 0 Å². The molecule has 2 aromatic carbocycles. The molecule has 0 radical (unpaired) electrons. The molecule has 1 saturated heterocycles. The highest BCUT2D eigenvalue weighted by atomic mass is 19.1. The number of likely N-dealkylation sites (tertiary alicyclic amines) is 1. The lowest BCUT2D eigenvalue weighted by Crippen LogP contribution is -2.46. The first kappa shape index (κ1) is 21.7. The average molecular weight is 435 g/mol. The van der Waals surface area contributed by atoms with Crippen LogP contribution in [0.2, 0.25) is 0 Å². The highest BCUT2D eigenvalue weighted by Gasteiger charge is 2.37. The molecule has 3 aromatic rings. The van der Waals surface area contributed by atoms with E-state index in [1.807, 2.05) is 36.1 Å². The second-order valence-electron chi connectivity index (χ2n) is 8.94. The molecule has 166 valence electrons. The van der Waals surface area contributed by atoms with Gasteiger partial charge in [-0.15, -0.1) is 0 Å². The minimum Gasteiger partial charge on any atom is -0.494 e. The maximum Gasteiger partial charge on any atom is 0.250 e. The number of carbonyl (C=O) groups excluding carboxylic acids is 1. The molecule has 6 nitrogen and oxygen atoms in total. The number of aromatic nitrogens is 3. The van der Waals surface area contributed by atoms with Crippen molar-refractivity contribution in [1.29, 1.82) is 0 Å². The van der Waals surface area contributed by atoms with Crippen molar-refractivity contribution in [2.75, 3.05) is 13.7 Å². The van der Waals surface area contributed by atoms with Gasteiger partial charge in [-0.3, -0.25) is 4.79 Å². The fourth-order valence-corrected chi connectivity index (χ4v) is 4.22. The zero-order chi connectivity index (χ0) is 22.9. The van der Waals surface area contributed by atoms with Crippen molar-refractivity contribution < 1.29 is 13.9 Å². The van der Waals surface area contributed by atoms with Crippen LogP contribution in [0.4, 0.5) is 4.39 Å². The Kier molecular flexibility index (Phi) is 5.82. The molecular formula is C25H27FN4O2. The standard InChI is InChI=1S/C25H27FN4O2/c1-17(19-6-8-21(26)9-7-19)29-14-25(2,3)13-20(24(29)31)11-18-5-10-22(23(12-18)32-4)30-16-27-15-28-30/h5-12,15-17H,13-14H2,1-4H3/t17-/m0/s1. The third-order valence-corrected chi connectivity index (χ3v) is 5.83. The Morgan fingerprint density at radius 2 is 1.94 bits per heavy atom. The maximum atomic E-state index is 13.4. The van der Waals surface area contributed by atoms with E-state index in [-0.39, 0.29) is 23.2 Å². The van der Waals surface area contributed by atoms with E-state index in [9.17, 15) is 9.18 Å². The Balaban J connectivity index is 1.66. The number of methoxy groups -OCH3 is 1. The highest BCUT2D eigenvalue weighted by molar-refractivity contribution is 5.99. The molecule has 1 amide bonds. The zero-order valence-electron chi connectivity index (χ0n) is 18.7. The lowest BCUT2D eigenvalue weighted by Gasteiger charge is -2.42. The smallest absolute Gasteiger partial charge is 0.250 e. The summed E-state index contributed by atoms with van der Waals surface area (Å²) in [5.41, 5.74) is 3.22. The Hall–Kier alpha value is -3.48. The van der Waals surface area contributed by atoms with E-state index in [0.717, 1.165) is 22.4 Å². The van der Waals surface area contributed by atoms with Crippen LogP contribution in [0.25, 0.3) is 11.8 Å². The van der Waals surface area contributed by atoms with Gasteiger partial charge in [-0.25, -0.2) is 14.1 Å². The van der Waals surface area contributed by atoms with Crippen LogP contribution in [-0.4, -0.2) is 39.2 Å². The van der Waals surface area contributed by atoms with E-state index in [2.05, 4.69) is 23.9 Å². The third-order valence-electron chi connectivity index (χ3n) is 5.83. The van der Waals surface area contributed by atoms with Crippen LogP contribution in [-0.2, 0) is 4.79 Å². The maximum absolute atomic E-state index is 13.4. The number of benzene rings is 2. The molecule has 0 saturated carbocycles. The fourth-order valence-electron chi connectivity index (χ4n) is 4.22. The van der Waals surface area contributed by atoms with Crippen molar-refractivity contribution in [3.8, 4) is 11.4 Å². The van der Waals surface area contributed by atoms with E-state index in [0.29, 0.717) is 18.7 Å². The van der Waals surface area contributed by atoms with Crippen LogP contribution >= 0.6 is 0 Å². The van der Waals surface area contributed by atoms with Gasteiger partial charge in [-0.05, 0) is 60.2 Å². The predicted octanol–water partition coefficient (Wildman–Crippen LogP) is 4.82. The normalized spacial score (nSPS) is 18.1. The number of rotatable bonds is 5. The number of hydrogen-bond donors (Lipinski definition) is 0. The number of carbonyl (C=O) groups is 1. The van der Waals surface area contributed by atoms with Gasteiger partial charge in [0.25, 0.3) is 0 Å². The fraction of sp³-hybridized carbons (Fsp3) is 0.320. The molecule has 0 aliphatic carbocycles. The van der Waals surface area contributed by atoms with Crippen LogP contribution in [0.5, 0.6) is 5.75 Å². The quantitative estimate of drug-likeness (QED) is 0.541. The molecule has 1 aliphatic heterocycles. The summed E-state index contributed by atoms with van der Waals surface area (Å²) in [6.07, 6.45) is 5.68. The molecule has 0 bridgehead atoms. The van der Waals surface area contributed by atoms with Crippen molar-refractivity contribution in [2.45, 2.75) is 33.2 Å². The number of ether oxygens (including phenoxy) is 1. The van der Waals surface area contributed by atoms with Gasteiger partial charge in [-0.2, -0.15) is 5.10 Å². The second-order valence-corrected chi connectivity index (χ2v) is 8.94. The van der Waals surface area contributed by atoms with Crippen molar-refractivity contribution >= 4 is 12.0 Å². The summed E-state index contributed by atoms with van der Waals surface area (Å²) in [6, 6.07) is 11.9. The Labute approximate surface area is 187 Å². The Bertz CT molecular complexity index is 1140. The Morgan fingerprint density at radius 3 is 2.59 bits per heavy atom. The van der Waals surface area contributed by atoms with Gasteiger partial charge in [0, 0.05) is 12.1 Å². The first-order valence-electron chi connectivity index (χ1n) is 10.6. The first-order chi connectivity index (χ1) is 15.3. The van der Waals surface area contributed by atoms with E-state index >= 15 is 0 Å². The molecule has 1 fully saturated rings. The number of nitrogens with zero attached hydrogens (tertiary/aromatic N) is 4. The van der Waals surface area contributed by atoms with Crippen molar-refractivity contribution in [3.63, 3.8) is 0 Å². The molecule has 0 N–H and O–H groups in total. The van der Waals surface area contributed by atoms with E-state index in [4.69, 9.17) is 4.74 Å². The molecule has 4 rings (SSSR count). The molecule has 7 heteroatoms. The lowest BCUT2D eigenvalue weighted by atomic mass is 9.79. The summed E-state index contributed by atoms with van der Waals surface area (Å²) >= 11 is 0. The third kappa shape index (κ3) is 4.42. The number of hydrogen-bond acceptors (Lipinski definition) is 4. The SMILES string of the molecule is COc1cc(C=C2CC(C)(C)CN([C@@H](C)c3ccc(F)cc3)C2=O)ccc1-n1cncn1. The monoisotopic (exact) mass is 434 g/mol. The summed E-state index contributed by atoms with van der Waals surface area (Å²) in [4.78, 5) is 19.3. The van der Waals surface area contributed by atoms with E-state index in [1.165, 1.54) is 18.5 Å². The summed E-state index contributed by atoms with van der Waals surface area (Å²) in [7, 11) is 1.60. The van der Waals surface area contributed by atoms with Gasteiger partial charge in [0.1, 0.15) is 29.9 Å². The molecule has 1 atom stereocenters. The number of halogens is 1. The average Bonchev–Trinajstić information content (AvgIpc) is 3.30. The predicted molar refractivity (Wildman–Crippen MR) is 121 cm³/mol. The van der Waals surface area contributed by atoms with Crippen molar-refractivity contribution in [2.24, 2.45) is 5.41 Å². The first-order valence-corrected chi connectivity index (χ1v) is 10.6. The number of piperidine rings is 1. The zero-order valence-corrected chi connectivity index (χ0v) is 18.7. The highest BCUT2D eigenvalue weighted by Crippen LogP contribution is 2.38. The summed E-state index contributed by atoms with van der Waals surface area (Å²) < 4.78 is 20.6. The van der Waals surface area contributed by atoms with Crippen LogP contribution in [0.15, 0.2) is 60.7 Å². The van der Waals surface area contributed by atoms with Crippen LogP contribution in [0, 0.1) is 11.2 Å². The van der Waals surface area contributed by atoms with E-state index < -0.39 is 0 Å². The van der Waals surface area contributed by atoms with Crippen LogP contribution < -0.4 is 4.74 Å². The lowest BCUT2D eigenvalue weighted by molar-refractivity contribution is -0.133. The number of amides is 1. The van der Waals surface area contributed by atoms with Gasteiger partial charge in [0.05, 0.1) is 13.2 Å². The van der Waals surface area contributed by atoms with Gasteiger partial charge >= 0.3 is 0 Å². The molecule has 1 aliphatic rings. The molecular weight excluding hydrogens is 407 g/mol. The van der Waals surface area contributed by atoms with Crippen LogP contribution in [0.1, 0.15) is 44.4 Å². The minimum absolute atomic E-state index is 0.000435. The summed E-state index contributed by atoms with van der Waals surface area (Å²) in [5.74, 6) is 0.361. The van der Waals surface area contributed by atoms with Crippen molar-refractivity contribution in [3.05, 3.63) is 77.6 Å². The summed E-state index contributed by atoms with van der Waals surface area (Å²) in [6.45, 7) is 6.94. The second kappa shape index (κ2) is 8.57. The molecule has 2 heterocycles. The van der Waals surface area contributed by atoms with E-state index in [1.54, 1.807) is 30.3 Å². The van der Waals surface area contributed by atoms with Crippen molar-refractivity contribution in [1.82, 2.24) is 19.7 Å². The largest absolute Gasteiger partial charge is 0.494 e. The molecule has 32 heavy (non-hydrogen) atoms. The van der Waals surface area contributed by atoms with Gasteiger partial charge in [0.2, 0.25) is 5.91 Å². The minimum atomic E-state index is -0.282. The Morgan fingerprint density at radius 1 is 1.19 bits per heavy atom. The van der Waals surface area contributed by atoms with Gasteiger partial charge in [-0.1, -0.05) is 32.0 Å². The van der Waals surface area contributed by atoms with Gasteiger partial charge < -0.3 is 9.64 Å². The summed E-state index contributed by atoms with van der Waals surface area (Å²) in [5, 5.41) is 4.16. The molecule has 0 unspecified atom stereocenters.